The molecule has 0 saturated carbocycles. The van der Waals surface area contributed by atoms with Crippen molar-refractivity contribution < 1.29 is 14.3 Å². The zero-order valence-corrected chi connectivity index (χ0v) is 24.5. The molecule has 4 aromatic rings. The molecule has 5 rings (SSSR count). The van der Waals surface area contributed by atoms with Crippen molar-refractivity contribution in [3.05, 3.63) is 89.9 Å². The maximum atomic E-state index is 13.8. The van der Waals surface area contributed by atoms with Gasteiger partial charge in [0.1, 0.15) is 11.4 Å². The van der Waals surface area contributed by atoms with Gasteiger partial charge in [-0.2, -0.15) is 0 Å². The zero-order valence-electron chi connectivity index (χ0n) is 23.7. The molecular weight excluding hydrogens is 540 g/mol. The smallest absolute Gasteiger partial charge is 0.339 e. The first kappa shape index (κ1) is 28.2. The standard InChI is InChI=1S/C31H32N4O5S/c1-31(2,3)18-13-17(14-19-9-8-12-41-19)26-21(15-18)24(20-10-6-7-11-22(20)33-26)29(38)40-16-23(36)25-27(32)34(4)30(39)35(5)28(25)37/h6-12,14,18H,13,15-16,32H2,1-5H3/b17-14-/t18-/m0/s1. The van der Waals surface area contributed by atoms with Gasteiger partial charge in [0.15, 0.2) is 6.61 Å². The van der Waals surface area contributed by atoms with Crippen molar-refractivity contribution in [3.8, 4) is 0 Å². The zero-order chi connectivity index (χ0) is 29.6. The Kier molecular flexibility index (Phi) is 7.29. The van der Waals surface area contributed by atoms with Gasteiger partial charge >= 0.3 is 11.7 Å². The third-order valence-corrected chi connectivity index (χ3v) is 8.65. The fourth-order valence-corrected chi connectivity index (χ4v) is 5.99. The molecule has 9 nitrogen and oxygen atoms in total. The number of allylic oxidation sites excluding steroid dienone is 1. The number of carbonyl (C=O) groups is 2. The van der Waals surface area contributed by atoms with E-state index in [1.807, 2.05) is 35.7 Å². The number of Topliss-reactive ketones (excluding diaryl/α,β-unsaturated/α-hetero) is 1. The van der Waals surface area contributed by atoms with Crippen molar-refractivity contribution in [3.63, 3.8) is 0 Å². The fraction of sp³-hybridized carbons (Fsp3) is 0.323. The highest BCUT2D eigenvalue weighted by molar-refractivity contribution is 7.10. The highest BCUT2D eigenvalue weighted by Gasteiger charge is 2.35. The highest BCUT2D eigenvalue weighted by Crippen LogP contribution is 2.45. The summed E-state index contributed by atoms with van der Waals surface area (Å²) >= 11 is 1.64. The number of aromatic nitrogens is 3. The van der Waals surface area contributed by atoms with E-state index >= 15 is 0 Å². The summed E-state index contributed by atoms with van der Waals surface area (Å²) < 4.78 is 7.38. The van der Waals surface area contributed by atoms with Crippen LogP contribution in [0, 0.1) is 11.3 Å². The van der Waals surface area contributed by atoms with Crippen LogP contribution < -0.4 is 17.0 Å². The molecule has 1 aromatic carbocycles. The summed E-state index contributed by atoms with van der Waals surface area (Å²) in [6, 6.07) is 11.4. The van der Waals surface area contributed by atoms with Crippen molar-refractivity contribution >= 4 is 51.5 Å². The molecule has 10 heteroatoms. The average molecular weight is 573 g/mol. The highest BCUT2D eigenvalue weighted by atomic mass is 32.1. The molecule has 0 bridgehead atoms. The van der Waals surface area contributed by atoms with E-state index < -0.39 is 35.2 Å². The van der Waals surface area contributed by atoms with Crippen molar-refractivity contribution in [2.24, 2.45) is 25.4 Å². The molecule has 1 aliphatic rings. The van der Waals surface area contributed by atoms with Gasteiger partial charge in [-0.15, -0.1) is 11.3 Å². The molecule has 0 radical (unpaired) electrons. The first-order valence-electron chi connectivity index (χ1n) is 13.3. The lowest BCUT2D eigenvalue weighted by Crippen LogP contribution is -2.42. The second-order valence-electron chi connectivity index (χ2n) is 11.5. The molecule has 0 amide bonds. The van der Waals surface area contributed by atoms with Crippen LogP contribution in [0.2, 0.25) is 0 Å². The van der Waals surface area contributed by atoms with Crippen molar-refractivity contribution in [2.75, 3.05) is 12.3 Å². The number of nitrogens with two attached hydrogens (primary N) is 1. The molecule has 1 atom stereocenters. The van der Waals surface area contributed by atoms with Crippen molar-refractivity contribution in [1.29, 1.82) is 0 Å². The summed E-state index contributed by atoms with van der Waals surface area (Å²) in [7, 11) is 2.62. The van der Waals surface area contributed by atoms with E-state index in [-0.39, 0.29) is 17.2 Å². The fourth-order valence-electron chi connectivity index (χ4n) is 5.31. The number of carbonyl (C=O) groups excluding carboxylic acids is 2. The van der Waals surface area contributed by atoms with Crippen LogP contribution in [0.15, 0.2) is 51.4 Å². The molecule has 2 N–H and O–H groups in total. The van der Waals surface area contributed by atoms with Crippen LogP contribution in [0.3, 0.4) is 0 Å². The quantitative estimate of drug-likeness (QED) is 0.276. The lowest BCUT2D eigenvalue weighted by Gasteiger charge is -2.36. The van der Waals surface area contributed by atoms with E-state index in [1.165, 1.54) is 14.1 Å². The van der Waals surface area contributed by atoms with Gasteiger partial charge in [-0.1, -0.05) is 45.0 Å². The number of rotatable bonds is 5. The van der Waals surface area contributed by atoms with Crippen LogP contribution in [0.1, 0.15) is 64.0 Å². The first-order chi connectivity index (χ1) is 19.4. The topological polar surface area (TPSA) is 126 Å². The summed E-state index contributed by atoms with van der Waals surface area (Å²) in [5, 5.41) is 2.65. The van der Waals surface area contributed by atoms with Gasteiger partial charge in [-0.05, 0) is 58.9 Å². The first-order valence-corrected chi connectivity index (χ1v) is 14.2. The molecule has 0 unspecified atom stereocenters. The Labute approximate surface area is 240 Å². The Hall–Kier alpha value is -4.31. The van der Waals surface area contributed by atoms with Crippen LogP contribution >= 0.6 is 11.3 Å². The molecule has 1 aliphatic carbocycles. The van der Waals surface area contributed by atoms with Crippen LogP contribution in [-0.2, 0) is 25.3 Å². The number of nitrogen functional groups attached to an aromatic ring is 1. The maximum absolute atomic E-state index is 13.8. The van der Waals surface area contributed by atoms with Crippen molar-refractivity contribution in [1.82, 2.24) is 14.1 Å². The summed E-state index contributed by atoms with van der Waals surface area (Å²) in [5.74, 6) is -1.52. The molecule has 0 fully saturated rings. The number of anilines is 1. The minimum atomic E-state index is -0.838. The van der Waals surface area contributed by atoms with Crippen LogP contribution in [0.5, 0.6) is 0 Å². The Morgan fingerprint density at radius 3 is 2.49 bits per heavy atom. The van der Waals surface area contributed by atoms with Gasteiger partial charge < -0.3 is 10.5 Å². The average Bonchev–Trinajstić information content (AvgIpc) is 3.45. The second kappa shape index (κ2) is 10.6. The summed E-state index contributed by atoms with van der Waals surface area (Å²) in [6.45, 7) is 5.86. The Balaban J connectivity index is 1.60. The second-order valence-corrected chi connectivity index (χ2v) is 12.4. The maximum Gasteiger partial charge on any atom is 0.339 e. The van der Waals surface area contributed by atoms with Gasteiger partial charge in [0.05, 0.1) is 16.8 Å². The number of ether oxygens (including phenoxy) is 1. The third-order valence-electron chi connectivity index (χ3n) is 7.83. The molecule has 3 aromatic heterocycles. The summed E-state index contributed by atoms with van der Waals surface area (Å²) in [4.78, 5) is 57.8. The van der Waals surface area contributed by atoms with E-state index in [4.69, 9.17) is 15.5 Å². The van der Waals surface area contributed by atoms with Crippen LogP contribution in [0.4, 0.5) is 5.82 Å². The molecule has 0 aliphatic heterocycles. The molecule has 0 spiro atoms. The minimum absolute atomic E-state index is 0.0458. The number of fused-ring (bicyclic) bond motifs is 2. The molecule has 41 heavy (non-hydrogen) atoms. The van der Waals surface area contributed by atoms with Gasteiger partial charge in [0, 0.05) is 24.4 Å². The number of benzene rings is 1. The van der Waals surface area contributed by atoms with E-state index in [9.17, 15) is 19.2 Å². The predicted molar refractivity (Wildman–Crippen MR) is 161 cm³/mol. The third kappa shape index (κ3) is 5.15. The van der Waals surface area contributed by atoms with E-state index in [0.29, 0.717) is 22.9 Å². The van der Waals surface area contributed by atoms with Crippen LogP contribution in [-0.4, -0.2) is 32.5 Å². The molecular formula is C31H32N4O5S. The number of nitrogens with zero attached hydrogens (tertiary/aromatic N) is 3. The number of pyridine rings is 1. The predicted octanol–water partition coefficient (Wildman–Crippen LogP) is 4.46. The van der Waals surface area contributed by atoms with Gasteiger partial charge in [0.2, 0.25) is 5.78 Å². The van der Waals surface area contributed by atoms with Gasteiger partial charge in [0.25, 0.3) is 5.56 Å². The summed E-state index contributed by atoms with van der Waals surface area (Å²) in [5.41, 5.74) is 7.61. The number of hydrogen-bond acceptors (Lipinski definition) is 8. The molecule has 212 valence electrons. The Bertz CT molecular complexity index is 1840. The molecule has 0 saturated heterocycles. The van der Waals surface area contributed by atoms with Gasteiger partial charge in [-0.3, -0.25) is 18.7 Å². The number of thiophene rings is 1. The number of hydrogen-bond donors (Lipinski definition) is 1. The summed E-state index contributed by atoms with van der Waals surface area (Å²) in [6.07, 6.45) is 3.56. The van der Waals surface area contributed by atoms with Gasteiger partial charge in [-0.25, -0.2) is 14.6 Å². The lowest BCUT2D eigenvalue weighted by molar-refractivity contribution is 0.0474. The van der Waals surface area contributed by atoms with Crippen LogP contribution in [0.25, 0.3) is 22.6 Å². The van der Waals surface area contributed by atoms with E-state index in [0.717, 1.165) is 37.3 Å². The lowest BCUT2D eigenvalue weighted by atomic mass is 9.69. The Morgan fingerprint density at radius 1 is 1.07 bits per heavy atom. The Morgan fingerprint density at radius 2 is 1.80 bits per heavy atom. The molecule has 3 heterocycles. The normalized spacial score (nSPS) is 16.1. The van der Waals surface area contributed by atoms with E-state index in [1.54, 1.807) is 11.3 Å². The number of ketones is 1. The monoisotopic (exact) mass is 572 g/mol. The number of esters is 1. The largest absolute Gasteiger partial charge is 0.454 e. The van der Waals surface area contributed by atoms with E-state index in [2.05, 4.69) is 32.9 Å². The SMILES string of the molecule is Cn1c(N)c(C(=O)COC(=O)c2c3c(nc4ccccc24)/C(=C\c2cccs2)C[C@H](C(C)(C)C)C3)c(=O)n(C)c1=O. The van der Waals surface area contributed by atoms with Crippen molar-refractivity contribution in [2.45, 2.75) is 33.6 Å². The number of para-hydroxylation sites is 1. The minimum Gasteiger partial charge on any atom is -0.454 e.